The molecular formula is C25H23N5O3S. The Morgan fingerprint density at radius 3 is 2.41 bits per heavy atom. The standard InChI is InChI=1S/C25H23N5O3S/c1-17-10-12-18(13-11-17)24-28-29-25(34)30(24)15-22(31)27-20-8-5-9-21(14-20)33-16-23(32)26-19-6-3-2-4-7-19/h2-14H,15-16H2,1H3,(H,26,32)(H,27,31)(H,29,34). The van der Waals surface area contributed by atoms with Crippen molar-refractivity contribution >= 4 is 35.4 Å². The number of carbonyl (C=O) groups excluding carboxylic acids is 2. The van der Waals surface area contributed by atoms with Gasteiger partial charge in [0.05, 0.1) is 0 Å². The number of nitrogens with zero attached hydrogens (tertiary/aromatic N) is 2. The van der Waals surface area contributed by atoms with Crippen LogP contribution in [0.1, 0.15) is 5.56 Å². The molecule has 2 amide bonds. The Morgan fingerprint density at radius 2 is 1.65 bits per heavy atom. The normalized spacial score (nSPS) is 10.5. The molecular weight excluding hydrogens is 450 g/mol. The molecule has 34 heavy (non-hydrogen) atoms. The molecule has 3 aromatic carbocycles. The Kier molecular flexibility index (Phi) is 7.14. The number of hydrogen-bond acceptors (Lipinski definition) is 5. The molecule has 0 radical (unpaired) electrons. The SMILES string of the molecule is Cc1ccc(-c2n[nH]c(=S)n2CC(=O)Nc2cccc(OCC(=O)Nc3ccccc3)c2)cc1. The lowest BCUT2D eigenvalue weighted by atomic mass is 10.1. The fourth-order valence-corrected chi connectivity index (χ4v) is 3.46. The maximum absolute atomic E-state index is 12.7. The van der Waals surface area contributed by atoms with E-state index >= 15 is 0 Å². The van der Waals surface area contributed by atoms with Crippen molar-refractivity contribution in [1.29, 1.82) is 0 Å². The quantitative estimate of drug-likeness (QED) is 0.326. The minimum atomic E-state index is -0.279. The highest BCUT2D eigenvalue weighted by Gasteiger charge is 2.13. The number of anilines is 2. The van der Waals surface area contributed by atoms with Gasteiger partial charge in [0, 0.05) is 23.0 Å². The van der Waals surface area contributed by atoms with Crippen molar-refractivity contribution in [2.75, 3.05) is 17.2 Å². The molecule has 0 atom stereocenters. The molecule has 4 rings (SSSR count). The van der Waals surface area contributed by atoms with E-state index in [9.17, 15) is 9.59 Å². The zero-order chi connectivity index (χ0) is 23.9. The number of aromatic amines is 1. The maximum Gasteiger partial charge on any atom is 0.262 e. The first-order valence-corrected chi connectivity index (χ1v) is 11.0. The van der Waals surface area contributed by atoms with Gasteiger partial charge in [-0.05, 0) is 43.4 Å². The number of hydrogen-bond donors (Lipinski definition) is 3. The van der Waals surface area contributed by atoms with Gasteiger partial charge in [-0.3, -0.25) is 19.3 Å². The van der Waals surface area contributed by atoms with Gasteiger partial charge in [-0.2, -0.15) is 5.10 Å². The molecule has 0 saturated carbocycles. The van der Waals surface area contributed by atoms with Crippen LogP contribution in [0.15, 0.2) is 78.9 Å². The zero-order valence-corrected chi connectivity index (χ0v) is 19.3. The molecule has 8 nitrogen and oxygen atoms in total. The topological polar surface area (TPSA) is 101 Å². The Balaban J connectivity index is 1.37. The predicted molar refractivity (Wildman–Crippen MR) is 133 cm³/mol. The molecule has 0 aliphatic heterocycles. The van der Waals surface area contributed by atoms with Crippen molar-refractivity contribution in [1.82, 2.24) is 14.8 Å². The van der Waals surface area contributed by atoms with Crippen molar-refractivity contribution < 1.29 is 14.3 Å². The van der Waals surface area contributed by atoms with Gasteiger partial charge >= 0.3 is 0 Å². The summed E-state index contributed by atoms with van der Waals surface area (Å²) in [6.07, 6.45) is 0. The Morgan fingerprint density at radius 1 is 0.941 bits per heavy atom. The second-order valence-electron chi connectivity index (χ2n) is 7.58. The number of para-hydroxylation sites is 1. The average Bonchev–Trinajstić information content (AvgIpc) is 3.19. The summed E-state index contributed by atoms with van der Waals surface area (Å²) in [6.45, 7) is 1.83. The van der Waals surface area contributed by atoms with Crippen molar-refractivity contribution in [3.05, 3.63) is 89.2 Å². The van der Waals surface area contributed by atoms with Crippen molar-refractivity contribution in [3.63, 3.8) is 0 Å². The lowest BCUT2D eigenvalue weighted by Gasteiger charge is -2.11. The smallest absolute Gasteiger partial charge is 0.262 e. The van der Waals surface area contributed by atoms with Crippen LogP contribution < -0.4 is 15.4 Å². The van der Waals surface area contributed by atoms with Crippen molar-refractivity contribution in [3.8, 4) is 17.1 Å². The Bertz CT molecular complexity index is 1350. The highest BCUT2D eigenvalue weighted by Crippen LogP contribution is 2.20. The molecule has 0 bridgehead atoms. The van der Waals surface area contributed by atoms with Crippen LogP contribution in [-0.2, 0) is 16.1 Å². The van der Waals surface area contributed by atoms with Gasteiger partial charge in [0.15, 0.2) is 17.2 Å². The number of benzene rings is 3. The van der Waals surface area contributed by atoms with Gasteiger partial charge in [0.25, 0.3) is 5.91 Å². The van der Waals surface area contributed by atoms with E-state index in [4.69, 9.17) is 17.0 Å². The van der Waals surface area contributed by atoms with E-state index in [1.54, 1.807) is 41.0 Å². The molecule has 172 valence electrons. The Hall–Kier alpha value is -4.24. The zero-order valence-electron chi connectivity index (χ0n) is 18.4. The van der Waals surface area contributed by atoms with E-state index in [-0.39, 0.29) is 25.0 Å². The van der Waals surface area contributed by atoms with E-state index < -0.39 is 0 Å². The highest BCUT2D eigenvalue weighted by molar-refractivity contribution is 7.71. The van der Waals surface area contributed by atoms with Gasteiger partial charge in [0.2, 0.25) is 5.91 Å². The number of rotatable bonds is 8. The monoisotopic (exact) mass is 473 g/mol. The molecule has 0 saturated heterocycles. The van der Waals surface area contributed by atoms with Gasteiger partial charge in [-0.15, -0.1) is 0 Å². The predicted octanol–water partition coefficient (Wildman–Crippen LogP) is 4.57. The maximum atomic E-state index is 12.7. The first kappa shape index (κ1) is 22.9. The number of aromatic nitrogens is 3. The second-order valence-corrected chi connectivity index (χ2v) is 7.97. The van der Waals surface area contributed by atoms with E-state index in [1.807, 2.05) is 49.4 Å². The fourth-order valence-electron chi connectivity index (χ4n) is 3.26. The summed E-state index contributed by atoms with van der Waals surface area (Å²) in [6, 6.07) is 23.8. The largest absolute Gasteiger partial charge is 0.484 e. The lowest BCUT2D eigenvalue weighted by molar-refractivity contribution is -0.118. The van der Waals surface area contributed by atoms with E-state index in [1.165, 1.54) is 0 Å². The van der Waals surface area contributed by atoms with Crippen LogP contribution in [0.5, 0.6) is 5.75 Å². The molecule has 3 N–H and O–H groups in total. The van der Waals surface area contributed by atoms with Crippen molar-refractivity contribution in [2.45, 2.75) is 13.5 Å². The lowest BCUT2D eigenvalue weighted by Crippen LogP contribution is -2.20. The molecule has 1 heterocycles. The third-order valence-electron chi connectivity index (χ3n) is 4.92. The summed E-state index contributed by atoms with van der Waals surface area (Å²) in [5.74, 6) is 0.492. The summed E-state index contributed by atoms with van der Waals surface area (Å²) in [7, 11) is 0. The van der Waals surface area contributed by atoms with Gasteiger partial charge in [-0.1, -0.05) is 54.1 Å². The number of amides is 2. The summed E-state index contributed by atoms with van der Waals surface area (Å²) >= 11 is 5.32. The third kappa shape index (κ3) is 5.96. The van der Waals surface area contributed by atoms with Crippen LogP contribution in [0.4, 0.5) is 11.4 Å². The molecule has 1 aromatic heterocycles. The van der Waals surface area contributed by atoms with E-state index in [0.717, 1.165) is 11.1 Å². The molecule has 0 fully saturated rings. The number of aryl methyl sites for hydroxylation is 1. The summed E-state index contributed by atoms with van der Waals surface area (Å²) in [5.41, 5.74) is 3.22. The van der Waals surface area contributed by atoms with E-state index in [2.05, 4.69) is 20.8 Å². The number of H-pyrrole nitrogens is 1. The molecule has 0 spiro atoms. The van der Waals surface area contributed by atoms with Gasteiger partial charge in [0.1, 0.15) is 12.3 Å². The number of nitrogens with one attached hydrogen (secondary N) is 3. The molecule has 9 heteroatoms. The molecule has 0 aliphatic rings. The van der Waals surface area contributed by atoms with Gasteiger partial charge < -0.3 is 15.4 Å². The van der Waals surface area contributed by atoms with Crippen LogP contribution >= 0.6 is 12.2 Å². The molecule has 4 aromatic rings. The first-order valence-electron chi connectivity index (χ1n) is 10.6. The number of carbonyl (C=O) groups is 2. The summed E-state index contributed by atoms with van der Waals surface area (Å²) in [5, 5.41) is 12.6. The van der Waals surface area contributed by atoms with Crippen LogP contribution in [0.3, 0.4) is 0 Å². The number of ether oxygens (including phenoxy) is 1. The van der Waals surface area contributed by atoms with E-state index in [0.29, 0.717) is 27.7 Å². The molecule has 0 aliphatic carbocycles. The Labute approximate surface area is 201 Å². The van der Waals surface area contributed by atoms with Crippen LogP contribution in [-0.4, -0.2) is 33.2 Å². The highest BCUT2D eigenvalue weighted by atomic mass is 32.1. The minimum Gasteiger partial charge on any atom is -0.484 e. The van der Waals surface area contributed by atoms with Gasteiger partial charge in [-0.25, -0.2) is 0 Å². The fraction of sp³-hybridized carbons (Fsp3) is 0.120. The van der Waals surface area contributed by atoms with Crippen LogP contribution in [0.25, 0.3) is 11.4 Å². The third-order valence-corrected chi connectivity index (χ3v) is 5.23. The van der Waals surface area contributed by atoms with Crippen LogP contribution in [0, 0.1) is 11.7 Å². The summed E-state index contributed by atoms with van der Waals surface area (Å²) in [4.78, 5) is 24.8. The molecule has 0 unspecified atom stereocenters. The average molecular weight is 474 g/mol. The second kappa shape index (κ2) is 10.6. The summed E-state index contributed by atoms with van der Waals surface area (Å²) < 4.78 is 7.57. The minimum absolute atomic E-state index is 0.0108. The van der Waals surface area contributed by atoms with Crippen LogP contribution in [0.2, 0.25) is 0 Å². The van der Waals surface area contributed by atoms with Crippen molar-refractivity contribution in [2.24, 2.45) is 0 Å². The first-order chi connectivity index (χ1) is 16.5.